The first-order valence-corrected chi connectivity index (χ1v) is 3.58. The van der Waals surface area contributed by atoms with Gasteiger partial charge < -0.3 is 0 Å². The molecule has 0 bridgehead atoms. The van der Waals surface area contributed by atoms with Crippen molar-refractivity contribution >= 4 is 0 Å². The molecule has 0 rings (SSSR count). The maximum absolute atomic E-state index is 12.6. The summed E-state index contributed by atoms with van der Waals surface area (Å²) >= 11 is 0. The Morgan fingerprint density at radius 1 is 0.611 bits per heavy atom. The molecule has 0 spiro atoms. The zero-order chi connectivity index (χ0) is 14.9. The molecule has 0 aromatic carbocycles. The lowest BCUT2D eigenvalue weighted by molar-refractivity contribution is -0.154. The second-order valence-electron chi connectivity index (χ2n) is 2.60. The molecule has 0 aliphatic rings. The number of alkyl halides is 5. The lowest BCUT2D eigenvalue weighted by atomic mass is 9.98. The summed E-state index contributed by atoms with van der Waals surface area (Å²) in [6, 6.07) is 0. The molecule has 18 heavy (non-hydrogen) atoms. The molecule has 0 aromatic heterocycles. The second-order valence-corrected chi connectivity index (χ2v) is 2.60. The van der Waals surface area contributed by atoms with Crippen LogP contribution in [0.5, 0.6) is 0 Å². The van der Waals surface area contributed by atoms with Crippen molar-refractivity contribution < 1.29 is 48.3 Å². The molecule has 0 atom stereocenters. The van der Waals surface area contributed by atoms with Gasteiger partial charge in [0.1, 0.15) is 0 Å². The highest BCUT2D eigenvalue weighted by Crippen LogP contribution is 2.50. The molecule has 0 aliphatic carbocycles. The number of hydrogen-bond donors (Lipinski definition) is 0. The Morgan fingerprint density at radius 2 is 1.00 bits per heavy atom. The summed E-state index contributed by atoms with van der Waals surface area (Å²) in [7, 11) is 0. The molecule has 105 valence electrons. The highest BCUT2D eigenvalue weighted by atomic mass is 19.4. The Balaban J connectivity index is 5.94. The summed E-state index contributed by atoms with van der Waals surface area (Å²) in [6.45, 7) is 0. The fraction of sp³-hybridized carbons (Fsp3) is 0.286. The molecule has 11 heteroatoms. The van der Waals surface area contributed by atoms with E-state index >= 15 is 0 Å². The average molecular weight is 293 g/mol. The molecule has 0 saturated heterocycles. The SMILES string of the molecule is FC(F)=C(F)[C](C(F)(F)F)C(F)(F)C(F)=C(F)F. The van der Waals surface area contributed by atoms with Gasteiger partial charge in [-0.05, 0) is 0 Å². The normalized spacial score (nSPS) is 12.7. The second kappa shape index (κ2) is 5.14. The van der Waals surface area contributed by atoms with Crippen molar-refractivity contribution in [2.75, 3.05) is 0 Å². The molecule has 0 heterocycles. The van der Waals surface area contributed by atoms with Crippen LogP contribution in [-0.4, -0.2) is 12.1 Å². The van der Waals surface area contributed by atoms with Crippen LogP contribution in [-0.2, 0) is 0 Å². The van der Waals surface area contributed by atoms with Gasteiger partial charge in [-0.1, -0.05) is 0 Å². The molecule has 1 radical (unpaired) electrons. The van der Waals surface area contributed by atoms with Crippen LogP contribution >= 0.6 is 0 Å². The molecule has 0 unspecified atom stereocenters. The van der Waals surface area contributed by atoms with Gasteiger partial charge in [0.25, 0.3) is 0 Å². The van der Waals surface area contributed by atoms with Gasteiger partial charge in [0, 0.05) is 0 Å². The minimum absolute atomic E-state index is 3.82. The Kier molecular flexibility index (Phi) is 4.77. The molecule has 0 saturated carbocycles. The van der Waals surface area contributed by atoms with Crippen LogP contribution in [0.4, 0.5) is 48.3 Å². The fourth-order valence-electron chi connectivity index (χ4n) is 0.763. The Morgan fingerprint density at radius 3 is 1.22 bits per heavy atom. The number of rotatable bonds is 3. The average Bonchev–Trinajstić information content (AvgIpc) is 2.13. The van der Waals surface area contributed by atoms with Gasteiger partial charge in [-0.3, -0.25) is 0 Å². The third-order valence-electron chi connectivity index (χ3n) is 1.42. The van der Waals surface area contributed by atoms with Gasteiger partial charge >= 0.3 is 24.3 Å². The predicted octanol–water partition coefficient (Wildman–Crippen LogP) is 4.91. The molecular weight excluding hydrogens is 293 g/mol. The van der Waals surface area contributed by atoms with E-state index in [0.717, 1.165) is 0 Å². The van der Waals surface area contributed by atoms with Gasteiger partial charge in [0.15, 0.2) is 5.83 Å². The van der Waals surface area contributed by atoms with Crippen LogP contribution in [0, 0.1) is 5.92 Å². The first-order valence-electron chi connectivity index (χ1n) is 3.58. The topological polar surface area (TPSA) is 0 Å². The third-order valence-corrected chi connectivity index (χ3v) is 1.42. The lowest BCUT2D eigenvalue weighted by Gasteiger charge is -2.24. The van der Waals surface area contributed by atoms with Gasteiger partial charge in [-0.2, -0.15) is 43.9 Å². The standard InChI is InChI=1S/C7F11/c8-1(4(10)11)2(7(16,17)18)6(14,15)3(9)5(12)13. The predicted molar refractivity (Wildman–Crippen MR) is 34.9 cm³/mol. The van der Waals surface area contributed by atoms with Gasteiger partial charge in [-0.15, -0.1) is 0 Å². The van der Waals surface area contributed by atoms with E-state index in [1.807, 2.05) is 0 Å². The number of hydrogen-bond acceptors (Lipinski definition) is 0. The summed E-state index contributed by atoms with van der Waals surface area (Å²) in [4.78, 5) is 0. The number of halogens is 11. The van der Waals surface area contributed by atoms with Crippen molar-refractivity contribution in [2.24, 2.45) is 0 Å². The van der Waals surface area contributed by atoms with E-state index in [1.165, 1.54) is 0 Å². The van der Waals surface area contributed by atoms with Crippen LogP contribution in [0.2, 0.25) is 0 Å². The summed E-state index contributed by atoms with van der Waals surface area (Å²) in [5, 5.41) is 0. The van der Waals surface area contributed by atoms with Crippen molar-refractivity contribution in [1.29, 1.82) is 0 Å². The quantitative estimate of drug-likeness (QED) is 0.648. The first-order chi connectivity index (χ1) is 7.83. The number of allylic oxidation sites excluding steroid dienone is 2. The maximum Gasteiger partial charge on any atom is 0.408 e. The Hall–Kier alpha value is -1.29. The highest BCUT2D eigenvalue weighted by Gasteiger charge is 2.64. The Labute approximate surface area is 91.4 Å². The molecule has 0 N–H and O–H groups in total. The van der Waals surface area contributed by atoms with E-state index in [0.29, 0.717) is 0 Å². The van der Waals surface area contributed by atoms with Crippen molar-refractivity contribution in [3.05, 3.63) is 29.7 Å². The highest BCUT2D eigenvalue weighted by molar-refractivity contribution is 5.35. The molecule has 0 amide bonds. The minimum atomic E-state index is -6.48. The smallest absolute Gasteiger partial charge is 0.205 e. The van der Waals surface area contributed by atoms with Crippen molar-refractivity contribution in [3.8, 4) is 0 Å². The van der Waals surface area contributed by atoms with Crippen LogP contribution in [0.1, 0.15) is 0 Å². The van der Waals surface area contributed by atoms with E-state index in [9.17, 15) is 48.3 Å². The summed E-state index contributed by atoms with van der Waals surface area (Å²) in [6.07, 6.45) is -14.2. The lowest BCUT2D eigenvalue weighted by Crippen LogP contribution is -2.39. The summed E-state index contributed by atoms with van der Waals surface area (Å²) in [5.74, 6) is -18.1. The monoisotopic (exact) mass is 293 g/mol. The summed E-state index contributed by atoms with van der Waals surface area (Å²) < 4.78 is 131. The van der Waals surface area contributed by atoms with E-state index in [-0.39, 0.29) is 0 Å². The maximum atomic E-state index is 12.6. The fourth-order valence-corrected chi connectivity index (χ4v) is 0.763. The Bertz CT molecular complexity index is 365. The zero-order valence-electron chi connectivity index (χ0n) is 7.66. The van der Waals surface area contributed by atoms with E-state index in [4.69, 9.17) is 0 Å². The first kappa shape index (κ1) is 16.7. The largest absolute Gasteiger partial charge is 0.408 e. The van der Waals surface area contributed by atoms with Gasteiger partial charge in [0.2, 0.25) is 11.7 Å². The van der Waals surface area contributed by atoms with Crippen molar-refractivity contribution in [1.82, 2.24) is 0 Å². The molecule has 0 aromatic rings. The van der Waals surface area contributed by atoms with Gasteiger partial charge in [-0.25, -0.2) is 4.39 Å². The van der Waals surface area contributed by atoms with Crippen molar-refractivity contribution in [3.63, 3.8) is 0 Å². The molecular formula is C7F11. The molecule has 0 aliphatic heterocycles. The van der Waals surface area contributed by atoms with E-state index in [2.05, 4.69) is 0 Å². The molecule has 0 fully saturated rings. The van der Waals surface area contributed by atoms with Crippen LogP contribution in [0.3, 0.4) is 0 Å². The van der Waals surface area contributed by atoms with Crippen molar-refractivity contribution in [2.45, 2.75) is 12.1 Å². The zero-order valence-corrected chi connectivity index (χ0v) is 7.66. The van der Waals surface area contributed by atoms with Crippen LogP contribution < -0.4 is 0 Å². The van der Waals surface area contributed by atoms with Crippen LogP contribution in [0.25, 0.3) is 0 Å². The minimum Gasteiger partial charge on any atom is -0.205 e. The molecule has 0 nitrogen and oxygen atoms in total. The third kappa shape index (κ3) is 3.35. The summed E-state index contributed by atoms with van der Waals surface area (Å²) in [5.41, 5.74) is 0. The van der Waals surface area contributed by atoms with E-state index < -0.39 is 41.8 Å². The van der Waals surface area contributed by atoms with Crippen LogP contribution in [0.15, 0.2) is 23.8 Å². The van der Waals surface area contributed by atoms with Gasteiger partial charge in [0.05, 0.1) is 0 Å². The van der Waals surface area contributed by atoms with E-state index in [1.54, 1.807) is 0 Å².